The van der Waals surface area contributed by atoms with Crippen molar-refractivity contribution in [2.45, 2.75) is 24.8 Å². The molecule has 0 aliphatic heterocycles. The second kappa shape index (κ2) is 6.09. The normalized spacial score (nSPS) is 11.2. The molecule has 0 saturated heterocycles. The van der Waals surface area contributed by atoms with E-state index in [0.717, 1.165) is 33.1 Å². The van der Waals surface area contributed by atoms with Crippen LogP contribution in [0.5, 0.6) is 0 Å². The summed E-state index contributed by atoms with van der Waals surface area (Å²) in [7, 11) is 0. The van der Waals surface area contributed by atoms with Crippen LogP contribution in [-0.4, -0.2) is 25.2 Å². The molecule has 120 valence electrons. The van der Waals surface area contributed by atoms with E-state index < -0.39 is 0 Å². The van der Waals surface area contributed by atoms with Crippen molar-refractivity contribution in [2.75, 3.05) is 0 Å². The van der Waals surface area contributed by atoms with E-state index in [1.807, 2.05) is 30.3 Å². The van der Waals surface area contributed by atoms with Crippen LogP contribution >= 0.6 is 11.8 Å². The van der Waals surface area contributed by atoms with Gasteiger partial charge in [-0.25, -0.2) is 4.98 Å². The van der Waals surface area contributed by atoms with Crippen molar-refractivity contribution >= 4 is 22.9 Å². The summed E-state index contributed by atoms with van der Waals surface area (Å²) in [5, 5.41) is 12.8. The fraction of sp³-hybridized carbons (Fsp3) is 0.176. The van der Waals surface area contributed by atoms with Gasteiger partial charge in [0.25, 0.3) is 0 Å². The van der Waals surface area contributed by atoms with Crippen molar-refractivity contribution in [3.8, 4) is 5.69 Å². The molecular formula is C17H15N5OS. The van der Waals surface area contributed by atoms with Gasteiger partial charge in [0.2, 0.25) is 11.0 Å². The highest BCUT2D eigenvalue weighted by Gasteiger charge is 2.14. The summed E-state index contributed by atoms with van der Waals surface area (Å²) in [6.07, 6.45) is 0. The Bertz CT molecular complexity index is 954. The molecule has 7 heteroatoms. The zero-order valence-electron chi connectivity index (χ0n) is 13.3. The second-order valence-corrected chi connectivity index (χ2v) is 6.42. The number of aryl methyl sites for hydroxylation is 2. The summed E-state index contributed by atoms with van der Waals surface area (Å²) in [6, 6.07) is 13.9. The second-order valence-electron chi connectivity index (χ2n) is 5.48. The Hall–Kier alpha value is -2.67. The number of tetrazole rings is 1. The number of hydrogen-bond acceptors (Lipinski definition) is 6. The summed E-state index contributed by atoms with van der Waals surface area (Å²) in [5.74, 6) is 1.23. The third kappa shape index (κ3) is 2.67. The average molecular weight is 337 g/mol. The van der Waals surface area contributed by atoms with Crippen LogP contribution in [0, 0.1) is 13.8 Å². The van der Waals surface area contributed by atoms with E-state index in [1.165, 1.54) is 11.8 Å². The van der Waals surface area contributed by atoms with Gasteiger partial charge in [0.05, 0.1) is 11.4 Å². The van der Waals surface area contributed by atoms with Crippen LogP contribution in [-0.2, 0) is 5.75 Å². The van der Waals surface area contributed by atoms with Gasteiger partial charge in [0.1, 0.15) is 5.52 Å². The smallest absolute Gasteiger partial charge is 0.214 e. The zero-order valence-corrected chi connectivity index (χ0v) is 14.1. The van der Waals surface area contributed by atoms with E-state index in [4.69, 9.17) is 4.42 Å². The number of thioether (sulfide) groups is 1. The Balaban J connectivity index is 1.61. The minimum absolute atomic E-state index is 0.569. The Morgan fingerprint density at radius 2 is 1.83 bits per heavy atom. The lowest BCUT2D eigenvalue weighted by molar-refractivity contribution is 0.556. The first-order valence-electron chi connectivity index (χ1n) is 7.54. The van der Waals surface area contributed by atoms with E-state index in [-0.39, 0.29) is 0 Å². The van der Waals surface area contributed by atoms with Gasteiger partial charge in [0, 0.05) is 0 Å². The van der Waals surface area contributed by atoms with E-state index >= 15 is 0 Å². The number of aromatic nitrogens is 5. The molecule has 6 nitrogen and oxygen atoms in total. The van der Waals surface area contributed by atoms with Crippen molar-refractivity contribution in [1.82, 2.24) is 25.2 Å². The molecule has 2 heterocycles. The zero-order chi connectivity index (χ0) is 16.5. The maximum Gasteiger partial charge on any atom is 0.214 e. The summed E-state index contributed by atoms with van der Waals surface area (Å²) in [4.78, 5) is 4.48. The number of benzene rings is 2. The molecule has 0 atom stereocenters. The van der Waals surface area contributed by atoms with Crippen LogP contribution in [0.2, 0.25) is 0 Å². The first kappa shape index (κ1) is 14.9. The van der Waals surface area contributed by atoms with Gasteiger partial charge in [-0.15, -0.1) is 5.10 Å². The van der Waals surface area contributed by atoms with Crippen LogP contribution in [0.4, 0.5) is 0 Å². The Morgan fingerprint density at radius 1 is 1.04 bits per heavy atom. The maximum atomic E-state index is 5.75. The Morgan fingerprint density at radius 3 is 2.62 bits per heavy atom. The lowest BCUT2D eigenvalue weighted by Gasteiger charge is -2.10. The number of fused-ring (bicyclic) bond motifs is 1. The topological polar surface area (TPSA) is 69.6 Å². The maximum absolute atomic E-state index is 5.75. The Kier molecular flexibility index (Phi) is 3.78. The van der Waals surface area contributed by atoms with Gasteiger partial charge < -0.3 is 4.42 Å². The molecule has 0 bridgehead atoms. The van der Waals surface area contributed by atoms with Gasteiger partial charge in [-0.3, -0.25) is 0 Å². The van der Waals surface area contributed by atoms with Crippen LogP contribution < -0.4 is 0 Å². The van der Waals surface area contributed by atoms with Gasteiger partial charge in [0.15, 0.2) is 5.58 Å². The molecule has 0 N–H and O–H groups in total. The van der Waals surface area contributed by atoms with E-state index in [2.05, 4.69) is 46.5 Å². The largest absolute Gasteiger partial charge is 0.440 e. The van der Waals surface area contributed by atoms with Crippen molar-refractivity contribution in [2.24, 2.45) is 0 Å². The number of nitrogens with zero attached hydrogens (tertiary/aromatic N) is 5. The van der Waals surface area contributed by atoms with E-state index in [1.54, 1.807) is 4.68 Å². The predicted octanol–water partition coefficient (Wildman–Crippen LogP) is 3.71. The fourth-order valence-electron chi connectivity index (χ4n) is 2.66. The minimum atomic E-state index is 0.569. The first-order valence-corrected chi connectivity index (χ1v) is 8.53. The molecule has 2 aromatic heterocycles. The molecule has 0 amide bonds. The van der Waals surface area contributed by atoms with Crippen molar-refractivity contribution in [3.05, 3.63) is 59.5 Å². The van der Waals surface area contributed by atoms with Gasteiger partial charge in [-0.1, -0.05) is 42.1 Å². The molecule has 0 unspecified atom stereocenters. The highest BCUT2D eigenvalue weighted by Crippen LogP contribution is 2.26. The molecule has 4 aromatic rings. The molecule has 0 radical (unpaired) electrons. The molecule has 2 aromatic carbocycles. The van der Waals surface area contributed by atoms with Crippen molar-refractivity contribution < 1.29 is 4.42 Å². The van der Waals surface area contributed by atoms with Crippen LogP contribution in [0.25, 0.3) is 16.8 Å². The van der Waals surface area contributed by atoms with E-state index in [9.17, 15) is 0 Å². The molecule has 0 aliphatic carbocycles. The highest BCUT2D eigenvalue weighted by molar-refractivity contribution is 7.98. The summed E-state index contributed by atoms with van der Waals surface area (Å²) < 4.78 is 7.53. The first-order chi connectivity index (χ1) is 11.7. The third-order valence-electron chi connectivity index (χ3n) is 3.76. The van der Waals surface area contributed by atoms with Gasteiger partial charge in [-0.2, -0.15) is 4.68 Å². The quantitative estimate of drug-likeness (QED) is 0.529. The van der Waals surface area contributed by atoms with Crippen LogP contribution in [0.1, 0.15) is 17.0 Å². The number of para-hydroxylation sites is 3. The average Bonchev–Trinajstić information content (AvgIpc) is 3.19. The molecule has 0 spiro atoms. The summed E-state index contributed by atoms with van der Waals surface area (Å²) in [6.45, 7) is 4.11. The number of rotatable bonds is 4. The van der Waals surface area contributed by atoms with Crippen LogP contribution in [0.15, 0.2) is 52.0 Å². The fourth-order valence-corrected chi connectivity index (χ4v) is 3.38. The summed E-state index contributed by atoms with van der Waals surface area (Å²) in [5.41, 5.74) is 4.93. The van der Waals surface area contributed by atoms with Crippen LogP contribution in [0.3, 0.4) is 0 Å². The molecule has 0 aliphatic rings. The molecule has 4 rings (SSSR count). The minimum Gasteiger partial charge on any atom is -0.440 e. The van der Waals surface area contributed by atoms with E-state index in [0.29, 0.717) is 11.6 Å². The van der Waals surface area contributed by atoms with Gasteiger partial charge in [-0.05, 0) is 47.5 Å². The van der Waals surface area contributed by atoms with Crippen molar-refractivity contribution in [3.63, 3.8) is 0 Å². The predicted molar refractivity (Wildman–Crippen MR) is 92.2 cm³/mol. The molecule has 0 fully saturated rings. The Labute approximate surface area is 142 Å². The summed E-state index contributed by atoms with van der Waals surface area (Å²) >= 11 is 1.50. The monoisotopic (exact) mass is 337 g/mol. The standard InChI is InChI=1S/C17H15N5OS/c1-11-6-5-7-12(2)16(11)22-17(19-20-21-22)24-10-15-18-13-8-3-4-9-14(13)23-15/h3-9H,10H2,1-2H3. The number of hydrogen-bond donors (Lipinski definition) is 0. The SMILES string of the molecule is Cc1cccc(C)c1-n1nnnc1SCc1nc2ccccc2o1. The third-order valence-corrected chi connectivity index (χ3v) is 4.66. The molecule has 24 heavy (non-hydrogen) atoms. The van der Waals surface area contributed by atoms with Gasteiger partial charge >= 0.3 is 0 Å². The van der Waals surface area contributed by atoms with Crippen molar-refractivity contribution in [1.29, 1.82) is 0 Å². The molecular weight excluding hydrogens is 322 g/mol. The lowest BCUT2D eigenvalue weighted by Crippen LogP contribution is -2.04. The molecule has 0 saturated carbocycles. The lowest BCUT2D eigenvalue weighted by atomic mass is 10.1. The highest BCUT2D eigenvalue weighted by atomic mass is 32.2. The number of oxazole rings is 1.